The Morgan fingerprint density at radius 2 is 1.46 bits per heavy atom. The number of esters is 1. The maximum Gasteiger partial charge on any atom is 0.326 e. The van der Waals surface area contributed by atoms with E-state index in [4.69, 9.17) is 20.9 Å². The monoisotopic (exact) mass is 786 g/mol. The van der Waals surface area contributed by atoms with E-state index in [1.165, 1.54) is 4.90 Å². The lowest BCUT2D eigenvalue weighted by atomic mass is 9.83. The van der Waals surface area contributed by atoms with E-state index >= 15 is 0 Å². The highest BCUT2D eigenvalue weighted by Gasteiger charge is 2.41. The highest BCUT2D eigenvalue weighted by Crippen LogP contribution is 2.28. The number of hydrogen-bond donors (Lipinski definition) is 6. The van der Waals surface area contributed by atoms with Gasteiger partial charge in [0, 0.05) is 19.4 Å². The number of ether oxygens (including phenoxy) is 2. The molecule has 8 N–H and O–H groups in total. The molecule has 1 saturated heterocycles. The zero-order valence-corrected chi connectivity index (χ0v) is 34.2. The molecule has 1 aliphatic heterocycles. The molecule has 1 aliphatic carbocycles. The zero-order chi connectivity index (χ0) is 41.6. The number of amides is 4. The van der Waals surface area contributed by atoms with Crippen LogP contribution in [0.15, 0.2) is 24.3 Å². The Morgan fingerprint density at radius 3 is 2.05 bits per heavy atom. The van der Waals surface area contributed by atoms with E-state index < -0.39 is 77.0 Å². The van der Waals surface area contributed by atoms with Gasteiger partial charge in [-0.2, -0.15) is 0 Å². The van der Waals surface area contributed by atoms with Crippen molar-refractivity contribution >= 4 is 35.6 Å². The maximum atomic E-state index is 14.4. The Morgan fingerprint density at radius 1 is 0.821 bits per heavy atom. The third kappa shape index (κ3) is 15.4. The van der Waals surface area contributed by atoms with Crippen LogP contribution in [-0.4, -0.2) is 100 Å². The van der Waals surface area contributed by atoms with Crippen molar-refractivity contribution in [2.75, 3.05) is 13.1 Å². The lowest BCUT2D eigenvalue weighted by molar-refractivity contribution is -0.155. The number of unbranched alkanes of at least 4 members (excludes halogenated alkanes) is 1. The molecule has 3 rings (SSSR count). The minimum Gasteiger partial charge on any atom is -0.488 e. The van der Waals surface area contributed by atoms with E-state index in [1.54, 1.807) is 45.0 Å². The van der Waals surface area contributed by atoms with Gasteiger partial charge in [-0.1, -0.05) is 31.4 Å². The minimum atomic E-state index is -1.16. The van der Waals surface area contributed by atoms with Gasteiger partial charge in [0.15, 0.2) is 0 Å². The summed E-state index contributed by atoms with van der Waals surface area (Å²) in [5.41, 5.74) is 11.4. The number of carboxylic acid groups (broad SMARTS) is 1. The van der Waals surface area contributed by atoms with Gasteiger partial charge in [0.2, 0.25) is 23.6 Å². The Bertz CT molecular complexity index is 1480. The Hall–Kier alpha value is -4.24. The van der Waals surface area contributed by atoms with Gasteiger partial charge in [0.25, 0.3) is 0 Å². The molecule has 15 heteroatoms. The number of aliphatic carboxylic acids is 1. The number of nitrogens with two attached hydrogens (primary N) is 2. The molecule has 4 amide bonds. The van der Waals surface area contributed by atoms with Crippen LogP contribution < -0.4 is 32.2 Å². The standard InChI is InChI=1S/C41H66N6O9/c1-40(2,3)55-28-19-17-26(18-20-28)25-31(45-35(49)29(43)21-22-33(48)56-41(4,5)6)38(52)47-24-12-16-32(47)36(50)46-34(27-13-8-7-9-14-27)37(51)44-30(39(53)54)15-10-11-23-42/h17-20,27,29-32,34H,7-16,21-25,42-43H2,1-6H3,(H,44,51)(H,45,49)(H,46,50)(H,53,54)/t29-,30-,31-,32-,34-/m0/s1. The van der Waals surface area contributed by atoms with Crippen LogP contribution in [-0.2, 0) is 39.9 Å². The topological polar surface area (TPSA) is 232 Å². The molecule has 314 valence electrons. The molecule has 1 aromatic rings. The van der Waals surface area contributed by atoms with Gasteiger partial charge in [-0.3, -0.25) is 24.0 Å². The van der Waals surface area contributed by atoms with Gasteiger partial charge >= 0.3 is 11.9 Å². The fourth-order valence-electron chi connectivity index (χ4n) is 7.19. The molecule has 2 fully saturated rings. The number of nitrogens with one attached hydrogen (secondary N) is 3. The molecular weight excluding hydrogens is 720 g/mol. The molecule has 2 aliphatic rings. The predicted molar refractivity (Wildman–Crippen MR) is 211 cm³/mol. The van der Waals surface area contributed by atoms with Crippen LogP contribution in [0.3, 0.4) is 0 Å². The first-order chi connectivity index (χ1) is 26.3. The number of carbonyl (C=O) groups is 6. The van der Waals surface area contributed by atoms with Crippen molar-refractivity contribution in [3.63, 3.8) is 0 Å². The molecule has 0 bridgehead atoms. The molecule has 0 radical (unpaired) electrons. The van der Waals surface area contributed by atoms with E-state index in [0.29, 0.717) is 50.8 Å². The van der Waals surface area contributed by atoms with Crippen LogP contribution in [0.5, 0.6) is 5.75 Å². The van der Waals surface area contributed by atoms with E-state index in [9.17, 15) is 33.9 Å². The molecule has 56 heavy (non-hydrogen) atoms. The third-order valence-electron chi connectivity index (χ3n) is 9.92. The van der Waals surface area contributed by atoms with Crippen LogP contribution in [0.25, 0.3) is 0 Å². The number of carboxylic acids is 1. The largest absolute Gasteiger partial charge is 0.488 e. The summed E-state index contributed by atoms with van der Waals surface area (Å²) in [5, 5.41) is 18.2. The van der Waals surface area contributed by atoms with Gasteiger partial charge in [0.05, 0.1) is 6.04 Å². The van der Waals surface area contributed by atoms with Crippen molar-refractivity contribution in [3.05, 3.63) is 29.8 Å². The van der Waals surface area contributed by atoms with Crippen molar-refractivity contribution in [2.24, 2.45) is 17.4 Å². The first-order valence-electron chi connectivity index (χ1n) is 20.2. The molecule has 0 unspecified atom stereocenters. The van der Waals surface area contributed by atoms with E-state index in [-0.39, 0.29) is 38.1 Å². The normalized spacial score (nSPS) is 18.6. The SMILES string of the molecule is CC(C)(C)OC(=O)CC[C@H](N)C(=O)N[C@@H](Cc1ccc(OC(C)(C)C)cc1)C(=O)N1CCC[C@H]1C(=O)N[C@H](C(=O)N[C@@H](CCCCN)C(=O)O)C1CCCCC1. The van der Waals surface area contributed by atoms with Gasteiger partial charge in [-0.05, 0) is 123 Å². The van der Waals surface area contributed by atoms with Crippen molar-refractivity contribution in [1.29, 1.82) is 0 Å². The van der Waals surface area contributed by atoms with Crippen LogP contribution >= 0.6 is 0 Å². The molecule has 0 aromatic heterocycles. The van der Waals surface area contributed by atoms with Crippen molar-refractivity contribution in [1.82, 2.24) is 20.9 Å². The number of benzene rings is 1. The summed E-state index contributed by atoms with van der Waals surface area (Å²) in [6.07, 6.45) is 6.32. The van der Waals surface area contributed by atoms with E-state index in [0.717, 1.165) is 24.8 Å². The first-order valence-corrected chi connectivity index (χ1v) is 20.2. The third-order valence-corrected chi connectivity index (χ3v) is 9.92. The number of nitrogens with zero attached hydrogens (tertiary/aromatic N) is 1. The van der Waals surface area contributed by atoms with E-state index in [1.807, 2.05) is 20.8 Å². The second-order valence-electron chi connectivity index (χ2n) is 17.1. The van der Waals surface area contributed by atoms with Gasteiger partial charge in [-0.25, -0.2) is 4.79 Å². The van der Waals surface area contributed by atoms with Crippen molar-refractivity contribution in [2.45, 2.75) is 166 Å². The summed E-state index contributed by atoms with van der Waals surface area (Å²) in [6, 6.07) is 1.91. The van der Waals surface area contributed by atoms with Crippen molar-refractivity contribution < 1.29 is 43.3 Å². The average molecular weight is 787 g/mol. The molecule has 15 nitrogen and oxygen atoms in total. The van der Waals surface area contributed by atoms with Crippen LogP contribution in [0, 0.1) is 5.92 Å². The molecule has 1 heterocycles. The summed E-state index contributed by atoms with van der Waals surface area (Å²) in [7, 11) is 0. The lowest BCUT2D eigenvalue weighted by Crippen LogP contribution is -2.59. The quantitative estimate of drug-likeness (QED) is 0.0881. The highest BCUT2D eigenvalue weighted by molar-refractivity contribution is 5.96. The van der Waals surface area contributed by atoms with Gasteiger partial charge in [-0.15, -0.1) is 0 Å². The zero-order valence-electron chi connectivity index (χ0n) is 34.2. The number of hydrogen-bond acceptors (Lipinski definition) is 10. The second-order valence-corrected chi connectivity index (χ2v) is 17.1. The minimum absolute atomic E-state index is 0.00435. The first kappa shape index (κ1) is 46.1. The molecule has 5 atom stereocenters. The highest BCUT2D eigenvalue weighted by atomic mass is 16.6. The van der Waals surface area contributed by atoms with Crippen LogP contribution in [0.2, 0.25) is 0 Å². The Balaban J connectivity index is 1.82. The lowest BCUT2D eigenvalue weighted by Gasteiger charge is -2.33. The van der Waals surface area contributed by atoms with Gasteiger partial charge < -0.3 is 46.9 Å². The predicted octanol–water partition coefficient (Wildman–Crippen LogP) is 3.09. The van der Waals surface area contributed by atoms with Gasteiger partial charge in [0.1, 0.15) is 41.1 Å². The van der Waals surface area contributed by atoms with Crippen LogP contribution in [0.4, 0.5) is 0 Å². The molecule has 1 aromatic carbocycles. The number of likely N-dealkylation sites (tertiary alicyclic amines) is 1. The number of rotatable bonds is 19. The summed E-state index contributed by atoms with van der Waals surface area (Å²) < 4.78 is 11.3. The molecule has 0 spiro atoms. The summed E-state index contributed by atoms with van der Waals surface area (Å²) >= 11 is 0. The number of carbonyl (C=O) groups excluding carboxylic acids is 5. The van der Waals surface area contributed by atoms with E-state index in [2.05, 4.69) is 16.0 Å². The fourth-order valence-corrected chi connectivity index (χ4v) is 7.19. The fraction of sp³-hybridized carbons (Fsp3) is 0.707. The smallest absolute Gasteiger partial charge is 0.326 e. The maximum absolute atomic E-state index is 14.4. The van der Waals surface area contributed by atoms with Crippen molar-refractivity contribution in [3.8, 4) is 5.75 Å². The Kier molecular flexibility index (Phi) is 17.6. The molecule has 1 saturated carbocycles. The molecular formula is C41H66N6O9. The second kappa shape index (κ2) is 21.3. The summed E-state index contributed by atoms with van der Waals surface area (Å²) in [6.45, 7) is 11.7. The summed E-state index contributed by atoms with van der Waals surface area (Å²) in [4.78, 5) is 81.5. The average Bonchev–Trinajstić information content (AvgIpc) is 3.62. The Labute approximate surface area is 331 Å². The van der Waals surface area contributed by atoms with Crippen LogP contribution in [0.1, 0.15) is 124 Å². The summed E-state index contributed by atoms with van der Waals surface area (Å²) in [5.74, 6) is -3.42.